The predicted molar refractivity (Wildman–Crippen MR) is 121 cm³/mol. The molecule has 1 aliphatic heterocycles. The summed E-state index contributed by atoms with van der Waals surface area (Å²) < 4.78 is 12.7. The van der Waals surface area contributed by atoms with Crippen LogP contribution in [0, 0.1) is 5.82 Å². The number of anilines is 1. The van der Waals surface area contributed by atoms with E-state index in [0.717, 1.165) is 24.7 Å². The maximum atomic E-state index is 12.7. The van der Waals surface area contributed by atoms with Gasteiger partial charge in [-0.1, -0.05) is 31.4 Å². The molecule has 0 atom stereocenters. The minimum Gasteiger partial charge on any atom is -0.368 e. The summed E-state index contributed by atoms with van der Waals surface area (Å²) in [6.07, 6.45) is 10.7. The number of halogens is 1. The number of benzene rings is 1. The van der Waals surface area contributed by atoms with Gasteiger partial charge in [-0.2, -0.15) is 0 Å². The number of aromatic nitrogens is 2. The van der Waals surface area contributed by atoms with E-state index in [1.54, 1.807) is 6.07 Å². The fraction of sp³-hybridized carbons (Fsp3) is 0.364. The first-order valence-corrected chi connectivity index (χ1v) is 11.1. The molecule has 2 heterocycles. The van der Waals surface area contributed by atoms with Crippen LogP contribution in [0.1, 0.15) is 43.4 Å². The highest BCUT2D eigenvalue weighted by atomic mass is 32.2. The van der Waals surface area contributed by atoms with E-state index in [4.69, 9.17) is 5.73 Å². The van der Waals surface area contributed by atoms with Gasteiger partial charge in [0.1, 0.15) is 5.82 Å². The summed E-state index contributed by atoms with van der Waals surface area (Å²) in [5.41, 5.74) is 7.08. The Labute approximate surface area is 185 Å². The molecule has 4 N–H and O–H groups in total. The second-order valence-electron chi connectivity index (χ2n) is 7.36. The molecule has 0 bridgehead atoms. The lowest BCUT2D eigenvalue weighted by Crippen LogP contribution is -2.32. The van der Waals surface area contributed by atoms with Crippen molar-refractivity contribution in [3.63, 3.8) is 0 Å². The smallest absolute Gasteiger partial charge is 0.290 e. The molecular weight excluding hydrogens is 417 g/mol. The van der Waals surface area contributed by atoms with Gasteiger partial charge in [-0.25, -0.2) is 14.4 Å². The molecule has 0 unspecified atom stereocenters. The number of nitrogens with one attached hydrogen (secondary N) is 2. The maximum absolute atomic E-state index is 12.7. The van der Waals surface area contributed by atoms with Crippen LogP contribution >= 0.6 is 11.8 Å². The zero-order valence-electron chi connectivity index (χ0n) is 17.1. The number of nitrogens with zero attached hydrogens (tertiary/aromatic N) is 2. The van der Waals surface area contributed by atoms with Crippen LogP contribution in [0.3, 0.4) is 0 Å². The van der Waals surface area contributed by atoms with Crippen molar-refractivity contribution >= 4 is 34.9 Å². The van der Waals surface area contributed by atoms with Crippen LogP contribution in [0.5, 0.6) is 0 Å². The van der Waals surface area contributed by atoms with Gasteiger partial charge in [-0.3, -0.25) is 14.9 Å². The first-order chi connectivity index (χ1) is 15.0. The standard InChI is InChI=1S/C14H20FN.C8H6N4O2S/c15-13-8-6-12(7-9-13)10-11-16-14-4-2-1-3-5-14;9-7-10-2-1-4(11-7)3-5-6(13)12-8(14)15-5/h6-9,14,16H,1-5,10-11H2;1-3H,(H2,9,10,11)(H,12,13,14)/b;5-3-. The van der Waals surface area contributed by atoms with Gasteiger partial charge >= 0.3 is 0 Å². The number of hydrogen-bond donors (Lipinski definition) is 3. The third kappa shape index (κ3) is 7.76. The van der Waals surface area contributed by atoms with Crippen molar-refractivity contribution in [1.82, 2.24) is 20.6 Å². The summed E-state index contributed by atoms with van der Waals surface area (Å²) in [7, 11) is 0. The Morgan fingerprint density at radius 3 is 2.55 bits per heavy atom. The van der Waals surface area contributed by atoms with Gasteiger partial charge in [-0.05, 0) is 67.4 Å². The lowest BCUT2D eigenvalue weighted by Gasteiger charge is -2.22. The van der Waals surface area contributed by atoms with Gasteiger partial charge in [-0.15, -0.1) is 0 Å². The highest BCUT2D eigenvalue weighted by Gasteiger charge is 2.25. The number of carbonyl (C=O) groups is 2. The van der Waals surface area contributed by atoms with Crippen molar-refractivity contribution in [1.29, 1.82) is 0 Å². The van der Waals surface area contributed by atoms with E-state index in [1.165, 1.54) is 62.1 Å². The summed E-state index contributed by atoms with van der Waals surface area (Å²) in [5.74, 6) is -0.440. The first kappa shape index (κ1) is 22.9. The molecule has 4 rings (SSSR count). The summed E-state index contributed by atoms with van der Waals surface area (Å²) in [6.45, 7) is 1.01. The summed E-state index contributed by atoms with van der Waals surface area (Å²) in [6, 6.07) is 9.14. The van der Waals surface area contributed by atoms with Crippen molar-refractivity contribution in [2.75, 3.05) is 12.3 Å². The molecule has 1 aromatic heterocycles. The fourth-order valence-corrected chi connectivity index (χ4v) is 4.07. The number of nitrogen functional groups attached to an aromatic ring is 1. The number of carbonyl (C=O) groups excluding carboxylic acids is 2. The van der Waals surface area contributed by atoms with Crippen LogP contribution in [-0.2, 0) is 11.2 Å². The number of hydrogen-bond acceptors (Lipinski definition) is 7. The summed E-state index contributed by atoms with van der Waals surface area (Å²) in [4.78, 5) is 29.9. The lowest BCUT2D eigenvalue weighted by atomic mass is 9.95. The molecule has 1 saturated heterocycles. The van der Waals surface area contributed by atoms with Gasteiger partial charge in [0.05, 0.1) is 10.6 Å². The number of rotatable bonds is 5. The zero-order chi connectivity index (χ0) is 22.1. The predicted octanol–water partition coefficient (Wildman–Crippen LogP) is 3.67. The van der Waals surface area contributed by atoms with Gasteiger partial charge in [0, 0.05) is 12.2 Å². The molecular formula is C22H26FN5O2S. The van der Waals surface area contributed by atoms with Gasteiger partial charge in [0.25, 0.3) is 11.1 Å². The molecule has 9 heteroatoms. The number of amides is 2. The topological polar surface area (TPSA) is 110 Å². The van der Waals surface area contributed by atoms with E-state index in [9.17, 15) is 14.0 Å². The van der Waals surface area contributed by atoms with Gasteiger partial charge in [0.2, 0.25) is 5.95 Å². The van der Waals surface area contributed by atoms with Crippen LogP contribution in [0.4, 0.5) is 15.1 Å². The Morgan fingerprint density at radius 1 is 1.16 bits per heavy atom. The highest BCUT2D eigenvalue weighted by Crippen LogP contribution is 2.24. The Morgan fingerprint density at radius 2 is 1.90 bits per heavy atom. The van der Waals surface area contributed by atoms with Crippen LogP contribution in [-0.4, -0.2) is 33.7 Å². The average Bonchev–Trinajstić information content (AvgIpc) is 3.07. The van der Waals surface area contributed by atoms with Crippen LogP contribution < -0.4 is 16.4 Å². The third-order valence-corrected chi connectivity index (χ3v) is 5.79. The number of imide groups is 1. The van der Waals surface area contributed by atoms with Crippen molar-refractivity contribution in [3.8, 4) is 0 Å². The van der Waals surface area contributed by atoms with Crippen molar-refractivity contribution in [3.05, 3.63) is 58.5 Å². The molecule has 2 aromatic rings. The molecule has 31 heavy (non-hydrogen) atoms. The number of thioether (sulfide) groups is 1. The Hall–Kier alpha value is -2.78. The maximum Gasteiger partial charge on any atom is 0.290 e. The Balaban J connectivity index is 0.000000176. The minimum atomic E-state index is -0.415. The van der Waals surface area contributed by atoms with E-state index in [0.29, 0.717) is 16.6 Å². The molecule has 1 saturated carbocycles. The normalized spacial score (nSPS) is 17.9. The third-order valence-electron chi connectivity index (χ3n) is 4.98. The zero-order valence-corrected chi connectivity index (χ0v) is 18.0. The summed E-state index contributed by atoms with van der Waals surface area (Å²) >= 11 is 0.835. The molecule has 7 nitrogen and oxygen atoms in total. The molecule has 164 valence electrons. The first-order valence-electron chi connectivity index (χ1n) is 10.3. The molecule has 1 aromatic carbocycles. The van der Waals surface area contributed by atoms with Crippen molar-refractivity contribution in [2.24, 2.45) is 0 Å². The van der Waals surface area contributed by atoms with Gasteiger partial charge in [0.15, 0.2) is 0 Å². The van der Waals surface area contributed by atoms with E-state index in [-0.39, 0.29) is 17.0 Å². The molecule has 0 radical (unpaired) electrons. The van der Waals surface area contributed by atoms with Gasteiger partial charge < -0.3 is 11.1 Å². The Kier molecular flexibility index (Phi) is 8.54. The average molecular weight is 444 g/mol. The molecule has 0 spiro atoms. The summed E-state index contributed by atoms with van der Waals surface area (Å²) in [5, 5.41) is 5.35. The van der Waals surface area contributed by atoms with Crippen molar-refractivity contribution in [2.45, 2.75) is 44.6 Å². The second kappa shape index (κ2) is 11.6. The second-order valence-corrected chi connectivity index (χ2v) is 8.37. The number of nitrogens with two attached hydrogens (primary N) is 1. The van der Waals surface area contributed by atoms with E-state index >= 15 is 0 Å². The Bertz CT molecular complexity index is 930. The largest absolute Gasteiger partial charge is 0.368 e. The van der Waals surface area contributed by atoms with E-state index in [1.807, 2.05) is 12.1 Å². The highest BCUT2D eigenvalue weighted by molar-refractivity contribution is 8.18. The van der Waals surface area contributed by atoms with Crippen LogP contribution in [0.25, 0.3) is 6.08 Å². The SMILES string of the molecule is Fc1ccc(CCNC2CCCCC2)cc1.Nc1nccc(/C=C2\SC(=O)NC2=O)n1. The monoisotopic (exact) mass is 443 g/mol. The molecule has 1 aliphatic carbocycles. The van der Waals surface area contributed by atoms with Crippen LogP contribution in [0.15, 0.2) is 41.4 Å². The minimum absolute atomic E-state index is 0.124. The van der Waals surface area contributed by atoms with Crippen LogP contribution in [0.2, 0.25) is 0 Å². The van der Waals surface area contributed by atoms with Crippen molar-refractivity contribution < 1.29 is 14.0 Å². The molecule has 2 aliphatic rings. The van der Waals surface area contributed by atoms with E-state index < -0.39 is 5.91 Å². The molecule has 2 fully saturated rings. The quantitative estimate of drug-likeness (QED) is 0.605. The lowest BCUT2D eigenvalue weighted by molar-refractivity contribution is -0.115. The molecule has 2 amide bonds. The van der Waals surface area contributed by atoms with E-state index in [2.05, 4.69) is 20.6 Å². The fourth-order valence-electron chi connectivity index (χ4n) is 3.40.